The summed E-state index contributed by atoms with van der Waals surface area (Å²) in [6, 6.07) is 1.84. The minimum atomic E-state index is -0.355. The molecule has 0 radical (unpaired) electrons. The molecular formula is C21H28N6OS. The molecule has 2 aromatic rings. The maximum Gasteiger partial charge on any atom is 0.228 e. The zero-order chi connectivity index (χ0) is 19.7. The molecule has 4 heterocycles. The van der Waals surface area contributed by atoms with Gasteiger partial charge < -0.3 is 10.2 Å². The van der Waals surface area contributed by atoms with Crippen LogP contribution in [0.2, 0.25) is 0 Å². The van der Waals surface area contributed by atoms with Crippen LogP contribution in [0.1, 0.15) is 30.7 Å². The first-order chi connectivity index (χ1) is 14.2. The normalized spacial score (nSPS) is 27.4. The lowest BCUT2D eigenvalue weighted by atomic mass is 9.74. The Morgan fingerprint density at radius 2 is 2.07 bits per heavy atom. The monoisotopic (exact) mass is 412 g/mol. The van der Waals surface area contributed by atoms with Crippen LogP contribution < -0.4 is 10.2 Å². The molecule has 2 atom stereocenters. The SMILES string of the molecule is O=C(NCC1CC1)[C@@]12CCCN(Cc3nccs3)C[C@H]1CN(c1ncccn1)C2. The molecule has 1 N–H and O–H groups in total. The van der Waals surface area contributed by atoms with Crippen LogP contribution in [0.4, 0.5) is 5.95 Å². The van der Waals surface area contributed by atoms with Gasteiger partial charge in [-0.25, -0.2) is 15.0 Å². The average molecular weight is 413 g/mol. The smallest absolute Gasteiger partial charge is 0.228 e. The highest BCUT2D eigenvalue weighted by Crippen LogP contribution is 2.44. The van der Waals surface area contributed by atoms with Gasteiger partial charge in [0.1, 0.15) is 5.01 Å². The fourth-order valence-corrected chi connectivity index (χ4v) is 5.55. The lowest BCUT2D eigenvalue weighted by Gasteiger charge is -2.32. The molecule has 3 aliphatic rings. The van der Waals surface area contributed by atoms with Crippen LogP contribution in [0, 0.1) is 17.3 Å². The quantitative estimate of drug-likeness (QED) is 0.784. The maximum atomic E-state index is 13.5. The number of hydrogen-bond donors (Lipinski definition) is 1. The molecule has 1 saturated carbocycles. The van der Waals surface area contributed by atoms with Crippen molar-refractivity contribution in [1.82, 2.24) is 25.2 Å². The summed E-state index contributed by atoms with van der Waals surface area (Å²) in [6.45, 7) is 5.18. The van der Waals surface area contributed by atoms with E-state index >= 15 is 0 Å². The van der Waals surface area contributed by atoms with Crippen molar-refractivity contribution in [3.8, 4) is 0 Å². The van der Waals surface area contributed by atoms with Crippen molar-refractivity contribution in [3.05, 3.63) is 35.0 Å². The van der Waals surface area contributed by atoms with E-state index in [9.17, 15) is 4.79 Å². The number of aromatic nitrogens is 3. The lowest BCUT2D eigenvalue weighted by Crippen LogP contribution is -2.48. The van der Waals surface area contributed by atoms with Crippen molar-refractivity contribution in [2.24, 2.45) is 17.3 Å². The Bertz CT molecular complexity index is 827. The summed E-state index contributed by atoms with van der Waals surface area (Å²) in [5.41, 5.74) is -0.355. The molecule has 1 aliphatic carbocycles. The van der Waals surface area contributed by atoms with Crippen LogP contribution in [0.3, 0.4) is 0 Å². The van der Waals surface area contributed by atoms with Gasteiger partial charge >= 0.3 is 0 Å². The number of nitrogens with one attached hydrogen (secondary N) is 1. The van der Waals surface area contributed by atoms with Crippen LogP contribution >= 0.6 is 11.3 Å². The molecule has 3 fully saturated rings. The summed E-state index contributed by atoms with van der Waals surface area (Å²) >= 11 is 1.71. The van der Waals surface area contributed by atoms with Crippen molar-refractivity contribution in [2.75, 3.05) is 37.6 Å². The highest BCUT2D eigenvalue weighted by atomic mass is 32.1. The van der Waals surface area contributed by atoms with E-state index in [2.05, 4.69) is 30.1 Å². The van der Waals surface area contributed by atoms with E-state index in [4.69, 9.17) is 0 Å². The van der Waals surface area contributed by atoms with Gasteiger partial charge in [0.05, 0.1) is 12.0 Å². The van der Waals surface area contributed by atoms with Gasteiger partial charge in [-0.2, -0.15) is 0 Å². The zero-order valence-corrected chi connectivity index (χ0v) is 17.5. The highest BCUT2D eigenvalue weighted by Gasteiger charge is 2.53. The molecule has 29 heavy (non-hydrogen) atoms. The summed E-state index contributed by atoms with van der Waals surface area (Å²) < 4.78 is 0. The molecule has 0 unspecified atom stereocenters. The minimum Gasteiger partial charge on any atom is -0.355 e. The van der Waals surface area contributed by atoms with E-state index in [0.29, 0.717) is 12.5 Å². The molecule has 0 aromatic carbocycles. The molecule has 8 heteroatoms. The predicted octanol–water partition coefficient (Wildman–Crippen LogP) is 2.18. The molecular weight excluding hydrogens is 384 g/mol. The molecule has 7 nitrogen and oxygen atoms in total. The molecule has 2 aliphatic heterocycles. The van der Waals surface area contributed by atoms with Crippen LogP contribution in [0.15, 0.2) is 30.0 Å². The third kappa shape index (κ3) is 4.00. The van der Waals surface area contributed by atoms with Gasteiger partial charge in [0.25, 0.3) is 0 Å². The molecule has 5 rings (SSSR count). The van der Waals surface area contributed by atoms with Crippen LogP contribution in [0.25, 0.3) is 0 Å². The average Bonchev–Trinajstić information content (AvgIpc) is 3.36. The van der Waals surface area contributed by atoms with Crippen LogP contribution in [-0.2, 0) is 11.3 Å². The number of fused-ring (bicyclic) bond motifs is 1. The summed E-state index contributed by atoms with van der Waals surface area (Å²) in [5.74, 6) is 1.94. The standard InChI is InChI=1S/C21H28N6OS/c28-19(25-11-16-3-4-16)21-5-1-9-26(14-18-22-8-10-29-18)12-17(21)13-27(15-21)20-23-6-2-7-24-20/h2,6-8,10,16-17H,1,3-5,9,11-15H2,(H,25,28)/t17-,21+/m0/s1. The van der Waals surface area contributed by atoms with E-state index in [0.717, 1.165) is 56.5 Å². The Balaban J connectivity index is 1.37. The molecule has 0 spiro atoms. The molecule has 1 amide bonds. The predicted molar refractivity (Wildman–Crippen MR) is 113 cm³/mol. The number of anilines is 1. The zero-order valence-electron chi connectivity index (χ0n) is 16.7. The van der Waals surface area contributed by atoms with Gasteiger partial charge in [-0.05, 0) is 44.2 Å². The third-order valence-electron chi connectivity index (χ3n) is 6.65. The van der Waals surface area contributed by atoms with Gasteiger partial charge in [-0.3, -0.25) is 9.69 Å². The van der Waals surface area contributed by atoms with E-state index in [1.54, 1.807) is 23.7 Å². The second-order valence-corrected chi connectivity index (χ2v) is 9.68. The van der Waals surface area contributed by atoms with Crippen molar-refractivity contribution in [3.63, 3.8) is 0 Å². The number of carbonyl (C=O) groups excluding carboxylic acids is 1. The number of rotatable bonds is 6. The van der Waals surface area contributed by atoms with Gasteiger partial charge in [0.2, 0.25) is 11.9 Å². The first kappa shape index (κ1) is 18.9. The van der Waals surface area contributed by atoms with Crippen molar-refractivity contribution >= 4 is 23.2 Å². The molecule has 2 aromatic heterocycles. The first-order valence-corrected chi connectivity index (χ1v) is 11.5. The summed E-state index contributed by atoms with van der Waals surface area (Å²) in [4.78, 5) is 31.6. The fraction of sp³-hybridized carbons (Fsp3) is 0.619. The summed E-state index contributed by atoms with van der Waals surface area (Å²) in [6.07, 6.45) is 9.90. The topological polar surface area (TPSA) is 74.2 Å². The molecule has 0 bridgehead atoms. The highest BCUT2D eigenvalue weighted by molar-refractivity contribution is 7.09. The van der Waals surface area contributed by atoms with E-state index < -0.39 is 0 Å². The molecule has 2 saturated heterocycles. The van der Waals surface area contributed by atoms with Gasteiger partial charge in [0, 0.05) is 56.1 Å². The number of carbonyl (C=O) groups is 1. The third-order valence-corrected chi connectivity index (χ3v) is 7.41. The van der Waals surface area contributed by atoms with Gasteiger partial charge in [-0.1, -0.05) is 0 Å². The van der Waals surface area contributed by atoms with Crippen LogP contribution in [0.5, 0.6) is 0 Å². The largest absolute Gasteiger partial charge is 0.355 e. The Morgan fingerprint density at radius 3 is 2.83 bits per heavy atom. The van der Waals surface area contributed by atoms with Gasteiger partial charge in [0.15, 0.2) is 0 Å². The first-order valence-electron chi connectivity index (χ1n) is 10.6. The minimum absolute atomic E-state index is 0.240. The summed E-state index contributed by atoms with van der Waals surface area (Å²) in [7, 11) is 0. The van der Waals surface area contributed by atoms with Crippen molar-refractivity contribution in [1.29, 1.82) is 0 Å². The van der Waals surface area contributed by atoms with Crippen molar-refractivity contribution in [2.45, 2.75) is 32.2 Å². The van der Waals surface area contributed by atoms with Crippen molar-refractivity contribution < 1.29 is 4.79 Å². The molecule has 154 valence electrons. The van der Waals surface area contributed by atoms with E-state index in [1.807, 2.05) is 17.6 Å². The van der Waals surface area contributed by atoms with Crippen LogP contribution in [-0.4, -0.2) is 58.5 Å². The Morgan fingerprint density at radius 1 is 1.21 bits per heavy atom. The Kier molecular flexibility index (Phi) is 5.22. The maximum absolute atomic E-state index is 13.5. The lowest BCUT2D eigenvalue weighted by molar-refractivity contribution is -0.132. The summed E-state index contributed by atoms with van der Waals surface area (Å²) in [5, 5.41) is 6.49. The Hall–Kier alpha value is -2.06. The number of hydrogen-bond acceptors (Lipinski definition) is 7. The van der Waals surface area contributed by atoms with E-state index in [-0.39, 0.29) is 17.2 Å². The number of thiazole rings is 1. The van der Waals surface area contributed by atoms with Gasteiger partial charge in [-0.15, -0.1) is 11.3 Å². The van der Waals surface area contributed by atoms with E-state index in [1.165, 1.54) is 12.8 Å². The number of likely N-dealkylation sites (tertiary alicyclic amines) is 1. The fourth-order valence-electron chi connectivity index (χ4n) is 4.89. The number of nitrogens with zero attached hydrogens (tertiary/aromatic N) is 5. The second kappa shape index (κ2) is 7.99. The Labute approximate surface area is 175 Å². The second-order valence-electron chi connectivity index (χ2n) is 8.70. The number of amides is 1.